The lowest BCUT2D eigenvalue weighted by Crippen LogP contribution is -2.27. The van der Waals surface area contributed by atoms with E-state index in [1.165, 1.54) is 28.8 Å². The molecule has 0 saturated carbocycles. The zero-order valence-corrected chi connectivity index (χ0v) is 14.0. The number of hydrogen-bond acceptors (Lipinski definition) is 4. The van der Waals surface area contributed by atoms with E-state index in [4.69, 9.17) is 0 Å². The minimum atomic E-state index is -3.61. The summed E-state index contributed by atoms with van der Waals surface area (Å²) in [5.74, 6) is 0. The van der Waals surface area contributed by atoms with Gasteiger partial charge < -0.3 is 5.11 Å². The van der Waals surface area contributed by atoms with Gasteiger partial charge in [0.1, 0.15) is 0 Å². The minimum Gasteiger partial charge on any atom is -0.392 e. The molecule has 0 saturated heterocycles. The first kappa shape index (κ1) is 15.7. The second-order valence-corrected chi connectivity index (χ2v) is 8.18. The predicted molar refractivity (Wildman–Crippen MR) is 83.0 cm³/mol. The van der Waals surface area contributed by atoms with Gasteiger partial charge in [0, 0.05) is 28.3 Å². The SMILES string of the molecule is CN(Cc1cc(Br)cs1)S(=O)(=O)c1ccccc1CO. The number of aliphatic hydroxyl groups is 1. The number of sulfonamides is 1. The Hall–Kier alpha value is -0.730. The van der Waals surface area contributed by atoms with Gasteiger partial charge in [-0.1, -0.05) is 18.2 Å². The molecule has 1 aromatic carbocycles. The van der Waals surface area contributed by atoms with Crippen LogP contribution >= 0.6 is 27.3 Å². The van der Waals surface area contributed by atoms with Crippen molar-refractivity contribution in [1.82, 2.24) is 4.31 Å². The van der Waals surface area contributed by atoms with E-state index in [2.05, 4.69) is 15.9 Å². The minimum absolute atomic E-state index is 0.153. The van der Waals surface area contributed by atoms with Crippen molar-refractivity contribution in [3.05, 3.63) is 50.6 Å². The molecule has 0 unspecified atom stereocenters. The van der Waals surface area contributed by atoms with Crippen LogP contribution in [-0.2, 0) is 23.2 Å². The van der Waals surface area contributed by atoms with Crippen LogP contribution in [0, 0.1) is 0 Å². The van der Waals surface area contributed by atoms with Crippen LogP contribution in [0.4, 0.5) is 0 Å². The quantitative estimate of drug-likeness (QED) is 0.873. The van der Waals surface area contributed by atoms with Crippen molar-refractivity contribution in [2.45, 2.75) is 18.0 Å². The van der Waals surface area contributed by atoms with Gasteiger partial charge in [0.15, 0.2) is 0 Å². The van der Waals surface area contributed by atoms with Crippen molar-refractivity contribution in [3.63, 3.8) is 0 Å². The second-order valence-electron chi connectivity index (χ2n) is 4.26. The third-order valence-electron chi connectivity index (χ3n) is 2.83. The Labute approximate surface area is 130 Å². The average molecular weight is 376 g/mol. The molecule has 0 radical (unpaired) electrons. The first-order valence-corrected chi connectivity index (χ1v) is 8.94. The molecule has 0 aliphatic rings. The van der Waals surface area contributed by atoms with Gasteiger partial charge in [-0.3, -0.25) is 0 Å². The van der Waals surface area contributed by atoms with Gasteiger partial charge in [-0.25, -0.2) is 8.42 Å². The maximum Gasteiger partial charge on any atom is 0.243 e. The van der Waals surface area contributed by atoms with E-state index in [0.717, 1.165) is 9.35 Å². The van der Waals surface area contributed by atoms with Gasteiger partial charge in [-0.2, -0.15) is 4.31 Å². The summed E-state index contributed by atoms with van der Waals surface area (Å²) >= 11 is 4.85. The first-order chi connectivity index (χ1) is 9.45. The van der Waals surface area contributed by atoms with Gasteiger partial charge >= 0.3 is 0 Å². The maximum absolute atomic E-state index is 12.5. The molecule has 0 bridgehead atoms. The molecule has 0 aliphatic heterocycles. The van der Waals surface area contributed by atoms with Gasteiger partial charge in [0.05, 0.1) is 11.5 Å². The molecule has 0 fully saturated rings. The monoisotopic (exact) mass is 375 g/mol. The zero-order valence-electron chi connectivity index (χ0n) is 10.8. The molecule has 1 aromatic heterocycles. The van der Waals surface area contributed by atoms with Crippen LogP contribution < -0.4 is 0 Å². The van der Waals surface area contributed by atoms with Crippen LogP contribution in [0.3, 0.4) is 0 Å². The van der Waals surface area contributed by atoms with Crippen LogP contribution in [0.25, 0.3) is 0 Å². The molecule has 108 valence electrons. The van der Waals surface area contributed by atoms with Crippen molar-refractivity contribution in [2.75, 3.05) is 7.05 Å². The summed E-state index contributed by atoms with van der Waals surface area (Å²) in [6.45, 7) is 0.00611. The van der Waals surface area contributed by atoms with Gasteiger partial charge in [-0.15, -0.1) is 11.3 Å². The number of aliphatic hydroxyl groups excluding tert-OH is 1. The standard InChI is InChI=1S/C13H14BrNO3S2/c1-15(7-12-6-11(14)9-19-12)20(17,18)13-5-3-2-4-10(13)8-16/h2-6,9,16H,7-8H2,1H3. The summed E-state index contributed by atoms with van der Waals surface area (Å²) in [6.07, 6.45) is 0. The molecule has 4 nitrogen and oxygen atoms in total. The Balaban J connectivity index is 2.29. The largest absolute Gasteiger partial charge is 0.392 e. The summed E-state index contributed by atoms with van der Waals surface area (Å²) in [4.78, 5) is 1.10. The van der Waals surface area contributed by atoms with Crippen molar-refractivity contribution in [3.8, 4) is 0 Å². The molecule has 0 atom stereocenters. The van der Waals surface area contributed by atoms with Crippen LogP contribution in [0.15, 0.2) is 45.1 Å². The fraction of sp³-hybridized carbons (Fsp3) is 0.231. The number of thiophene rings is 1. The zero-order chi connectivity index (χ0) is 14.8. The number of nitrogens with zero attached hydrogens (tertiary/aromatic N) is 1. The molecule has 0 aliphatic carbocycles. The Morgan fingerprint density at radius 2 is 2.05 bits per heavy atom. The average Bonchev–Trinajstić information content (AvgIpc) is 2.84. The van der Waals surface area contributed by atoms with Crippen LogP contribution in [0.5, 0.6) is 0 Å². The van der Waals surface area contributed by atoms with Crippen LogP contribution in [0.1, 0.15) is 10.4 Å². The summed E-state index contributed by atoms with van der Waals surface area (Å²) in [6, 6.07) is 8.39. The Morgan fingerprint density at radius 1 is 1.35 bits per heavy atom. The third-order valence-corrected chi connectivity index (χ3v) is 6.42. The fourth-order valence-corrected chi connectivity index (χ4v) is 4.74. The number of rotatable bonds is 5. The van der Waals surface area contributed by atoms with E-state index in [-0.39, 0.29) is 11.5 Å². The Morgan fingerprint density at radius 3 is 2.65 bits per heavy atom. The highest BCUT2D eigenvalue weighted by Crippen LogP contribution is 2.24. The van der Waals surface area contributed by atoms with Gasteiger partial charge in [0.25, 0.3) is 0 Å². The highest BCUT2D eigenvalue weighted by molar-refractivity contribution is 9.10. The van der Waals surface area contributed by atoms with Crippen molar-refractivity contribution < 1.29 is 13.5 Å². The predicted octanol–water partition coefficient (Wildman–Crippen LogP) is 2.82. The molecular weight excluding hydrogens is 362 g/mol. The van der Waals surface area contributed by atoms with E-state index >= 15 is 0 Å². The summed E-state index contributed by atoms with van der Waals surface area (Å²) in [7, 11) is -2.07. The lowest BCUT2D eigenvalue weighted by atomic mass is 10.2. The molecule has 2 aromatic rings. The molecule has 20 heavy (non-hydrogen) atoms. The summed E-state index contributed by atoms with van der Waals surface area (Å²) in [5, 5.41) is 11.2. The lowest BCUT2D eigenvalue weighted by Gasteiger charge is -2.18. The Bertz CT molecular complexity index is 697. The topological polar surface area (TPSA) is 57.6 Å². The van der Waals surface area contributed by atoms with Gasteiger partial charge in [0.2, 0.25) is 10.0 Å². The highest BCUT2D eigenvalue weighted by Gasteiger charge is 2.23. The van der Waals surface area contributed by atoms with Crippen molar-refractivity contribution >= 4 is 37.3 Å². The highest BCUT2D eigenvalue weighted by atomic mass is 79.9. The molecule has 7 heteroatoms. The number of benzene rings is 1. The summed E-state index contributed by atoms with van der Waals surface area (Å²) < 4.78 is 27.3. The van der Waals surface area contributed by atoms with Crippen molar-refractivity contribution in [2.24, 2.45) is 0 Å². The molecule has 1 N–H and O–H groups in total. The number of halogens is 1. The lowest BCUT2D eigenvalue weighted by molar-refractivity contribution is 0.278. The molecule has 0 spiro atoms. The second kappa shape index (κ2) is 6.36. The van der Waals surface area contributed by atoms with E-state index in [0.29, 0.717) is 12.1 Å². The smallest absolute Gasteiger partial charge is 0.243 e. The van der Waals surface area contributed by atoms with E-state index in [9.17, 15) is 13.5 Å². The van der Waals surface area contributed by atoms with E-state index in [1.807, 2.05) is 11.4 Å². The molecule has 0 amide bonds. The van der Waals surface area contributed by atoms with Crippen molar-refractivity contribution in [1.29, 1.82) is 0 Å². The maximum atomic E-state index is 12.5. The van der Waals surface area contributed by atoms with Crippen LogP contribution in [0.2, 0.25) is 0 Å². The first-order valence-electron chi connectivity index (χ1n) is 5.83. The van der Waals surface area contributed by atoms with Gasteiger partial charge in [-0.05, 0) is 33.6 Å². The molecule has 1 heterocycles. The fourth-order valence-electron chi connectivity index (χ4n) is 1.80. The normalized spacial score (nSPS) is 12.0. The molecular formula is C13H14BrNO3S2. The third kappa shape index (κ3) is 3.29. The molecule has 2 rings (SSSR count). The van der Waals surface area contributed by atoms with E-state index < -0.39 is 10.0 Å². The number of hydrogen-bond donors (Lipinski definition) is 1. The Kier molecular flexibility index (Phi) is 4.98. The van der Waals surface area contributed by atoms with E-state index in [1.54, 1.807) is 18.2 Å². The summed E-state index contributed by atoms with van der Waals surface area (Å²) in [5.41, 5.74) is 0.409. The van der Waals surface area contributed by atoms with Crippen LogP contribution in [-0.4, -0.2) is 24.9 Å².